The summed E-state index contributed by atoms with van der Waals surface area (Å²) >= 11 is 5.70. The predicted octanol–water partition coefficient (Wildman–Crippen LogP) is 4.25. The first-order chi connectivity index (χ1) is 12.7. The average Bonchev–Trinajstić information content (AvgIpc) is 3.17. The van der Waals surface area contributed by atoms with E-state index >= 15 is 0 Å². The van der Waals surface area contributed by atoms with Crippen LogP contribution in [0.1, 0.15) is 24.4 Å². The van der Waals surface area contributed by atoms with E-state index in [2.05, 4.69) is 16.3 Å². The van der Waals surface area contributed by atoms with Crippen LogP contribution >= 0.6 is 12.2 Å². The molecule has 1 saturated heterocycles. The van der Waals surface area contributed by atoms with E-state index < -0.39 is 0 Å². The van der Waals surface area contributed by atoms with E-state index in [4.69, 9.17) is 26.4 Å². The molecule has 6 heteroatoms. The molecule has 1 aliphatic rings. The maximum atomic E-state index is 5.70. The summed E-state index contributed by atoms with van der Waals surface area (Å²) in [5.41, 5.74) is 1.99. The summed E-state index contributed by atoms with van der Waals surface area (Å²) in [5, 5.41) is 4.02. The van der Waals surface area contributed by atoms with Gasteiger partial charge in [0.15, 0.2) is 5.11 Å². The molecule has 2 aromatic carbocycles. The lowest BCUT2D eigenvalue weighted by molar-refractivity contribution is 0.362. The molecule has 1 atom stereocenters. The molecule has 138 valence electrons. The summed E-state index contributed by atoms with van der Waals surface area (Å²) in [7, 11) is 5.00. The molecule has 1 fully saturated rings. The topological polar surface area (TPSA) is 43.0 Å². The van der Waals surface area contributed by atoms with Crippen molar-refractivity contribution in [1.82, 2.24) is 4.90 Å². The highest BCUT2D eigenvalue weighted by Gasteiger charge is 2.30. The van der Waals surface area contributed by atoms with Gasteiger partial charge < -0.3 is 24.4 Å². The van der Waals surface area contributed by atoms with Crippen molar-refractivity contribution in [3.63, 3.8) is 0 Å². The molecule has 5 nitrogen and oxygen atoms in total. The Morgan fingerprint density at radius 2 is 1.81 bits per heavy atom. The first-order valence-corrected chi connectivity index (χ1v) is 9.01. The van der Waals surface area contributed by atoms with Crippen molar-refractivity contribution >= 4 is 23.0 Å². The van der Waals surface area contributed by atoms with Gasteiger partial charge in [-0.1, -0.05) is 12.1 Å². The number of para-hydroxylation sites is 2. The van der Waals surface area contributed by atoms with Crippen LogP contribution in [0.25, 0.3) is 0 Å². The number of hydrogen-bond acceptors (Lipinski definition) is 4. The van der Waals surface area contributed by atoms with Crippen LogP contribution in [0, 0.1) is 0 Å². The number of rotatable bonds is 5. The fraction of sp³-hybridized carbons (Fsp3) is 0.350. The number of nitrogens with one attached hydrogen (secondary N) is 1. The Balaban J connectivity index is 1.83. The molecule has 0 aliphatic carbocycles. The van der Waals surface area contributed by atoms with E-state index in [0.29, 0.717) is 5.11 Å². The SMILES string of the molecule is COc1ccc([C@H]2CCCN2C(=S)Nc2ccccc2OC)c(OC)c1. The van der Waals surface area contributed by atoms with E-state index in [1.165, 1.54) is 0 Å². The molecule has 1 heterocycles. The third kappa shape index (κ3) is 3.70. The second kappa shape index (κ2) is 8.27. The smallest absolute Gasteiger partial charge is 0.174 e. The lowest BCUT2D eigenvalue weighted by atomic mass is 10.0. The van der Waals surface area contributed by atoms with Gasteiger partial charge >= 0.3 is 0 Å². The van der Waals surface area contributed by atoms with Crippen molar-refractivity contribution in [1.29, 1.82) is 0 Å². The van der Waals surface area contributed by atoms with E-state index in [0.717, 1.165) is 47.9 Å². The third-order valence-electron chi connectivity index (χ3n) is 4.66. The largest absolute Gasteiger partial charge is 0.497 e. The van der Waals surface area contributed by atoms with Crippen LogP contribution in [0.2, 0.25) is 0 Å². The minimum absolute atomic E-state index is 0.172. The zero-order chi connectivity index (χ0) is 18.5. The van der Waals surface area contributed by atoms with Gasteiger partial charge in [0.1, 0.15) is 17.2 Å². The third-order valence-corrected chi connectivity index (χ3v) is 5.00. The molecule has 0 radical (unpaired) electrons. The fourth-order valence-electron chi connectivity index (χ4n) is 3.36. The lowest BCUT2D eigenvalue weighted by Crippen LogP contribution is -2.34. The van der Waals surface area contributed by atoms with Crippen molar-refractivity contribution in [2.45, 2.75) is 18.9 Å². The maximum Gasteiger partial charge on any atom is 0.174 e. The van der Waals surface area contributed by atoms with Crippen LogP contribution in [0.4, 0.5) is 5.69 Å². The van der Waals surface area contributed by atoms with Crippen LogP contribution in [0.5, 0.6) is 17.2 Å². The summed E-state index contributed by atoms with van der Waals surface area (Å²) in [5.74, 6) is 2.37. The number of anilines is 1. The first kappa shape index (κ1) is 18.3. The van der Waals surface area contributed by atoms with Crippen LogP contribution in [-0.4, -0.2) is 37.9 Å². The second-order valence-corrected chi connectivity index (χ2v) is 6.48. The minimum atomic E-state index is 0.172. The number of thiocarbonyl (C=S) groups is 1. The Kier molecular flexibility index (Phi) is 5.83. The Hall–Kier alpha value is -2.47. The van der Waals surface area contributed by atoms with Gasteiger partial charge in [-0.15, -0.1) is 0 Å². The molecule has 3 rings (SSSR count). The minimum Gasteiger partial charge on any atom is -0.497 e. The van der Waals surface area contributed by atoms with E-state index in [1.54, 1.807) is 21.3 Å². The molecule has 0 saturated carbocycles. The lowest BCUT2D eigenvalue weighted by Gasteiger charge is -2.29. The first-order valence-electron chi connectivity index (χ1n) is 8.60. The molecule has 0 aromatic heterocycles. The van der Waals surface area contributed by atoms with Gasteiger partial charge in [0.05, 0.1) is 33.1 Å². The molecule has 1 aliphatic heterocycles. The highest BCUT2D eigenvalue weighted by molar-refractivity contribution is 7.80. The average molecular weight is 372 g/mol. The number of likely N-dealkylation sites (tertiary alicyclic amines) is 1. The maximum absolute atomic E-state index is 5.70. The van der Waals surface area contributed by atoms with E-state index in [1.807, 2.05) is 36.4 Å². The Morgan fingerprint density at radius 1 is 1.04 bits per heavy atom. The monoisotopic (exact) mass is 372 g/mol. The molecule has 2 aromatic rings. The fourth-order valence-corrected chi connectivity index (χ4v) is 3.69. The van der Waals surface area contributed by atoms with Gasteiger partial charge in [-0.05, 0) is 49.3 Å². The zero-order valence-corrected chi connectivity index (χ0v) is 16.1. The summed E-state index contributed by atoms with van der Waals surface area (Å²) in [6.07, 6.45) is 2.10. The molecule has 1 N–H and O–H groups in total. The Morgan fingerprint density at radius 3 is 2.54 bits per heavy atom. The summed E-state index contributed by atoms with van der Waals surface area (Å²) in [6, 6.07) is 13.9. The van der Waals surface area contributed by atoms with E-state index in [9.17, 15) is 0 Å². The highest BCUT2D eigenvalue weighted by Crippen LogP contribution is 2.39. The van der Waals surface area contributed by atoms with Gasteiger partial charge in [0, 0.05) is 18.2 Å². The number of nitrogens with zero attached hydrogens (tertiary/aromatic N) is 1. The van der Waals surface area contributed by atoms with Gasteiger partial charge in [0.25, 0.3) is 0 Å². The summed E-state index contributed by atoms with van der Waals surface area (Å²) in [4.78, 5) is 2.21. The molecule has 0 bridgehead atoms. The Bertz CT molecular complexity index is 781. The summed E-state index contributed by atoms with van der Waals surface area (Å²) in [6.45, 7) is 0.904. The molecular weight excluding hydrogens is 348 g/mol. The van der Waals surface area contributed by atoms with Gasteiger partial charge in [-0.2, -0.15) is 0 Å². The normalized spacial score (nSPS) is 16.3. The summed E-state index contributed by atoms with van der Waals surface area (Å²) < 4.78 is 16.3. The van der Waals surface area contributed by atoms with Crippen molar-refractivity contribution in [3.8, 4) is 17.2 Å². The van der Waals surface area contributed by atoms with Crippen LogP contribution in [0.15, 0.2) is 42.5 Å². The number of benzene rings is 2. The number of methoxy groups -OCH3 is 3. The molecular formula is C20H24N2O3S. The number of hydrogen-bond donors (Lipinski definition) is 1. The van der Waals surface area contributed by atoms with Crippen molar-refractivity contribution in [2.24, 2.45) is 0 Å². The molecule has 0 spiro atoms. The number of ether oxygens (including phenoxy) is 3. The van der Waals surface area contributed by atoms with Gasteiger partial charge in [-0.25, -0.2) is 0 Å². The van der Waals surface area contributed by atoms with Crippen LogP contribution < -0.4 is 19.5 Å². The Labute approximate surface area is 159 Å². The molecule has 0 amide bonds. The predicted molar refractivity (Wildman–Crippen MR) is 107 cm³/mol. The van der Waals surface area contributed by atoms with Gasteiger partial charge in [-0.3, -0.25) is 0 Å². The van der Waals surface area contributed by atoms with Crippen molar-refractivity contribution in [2.75, 3.05) is 33.2 Å². The molecule has 26 heavy (non-hydrogen) atoms. The zero-order valence-electron chi connectivity index (χ0n) is 15.3. The van der Waals surface area contributed by atoms with Crippen molar-refractivity contribution < 1.29 is 14.2 Å². The van der Waals surface area contributed by atoms with E-state index in [-0.39, 0.29) is 6.04 Å². The molecule has 0 unspecified atom stereocenters. The highest BCUT2D eigenvalue weighted by atomic mass is 32.1. The van der Waals surface area contributed by atoms with Crippen molar-refractivity contribution in [3.05, 3.63) is 48.0 Å². The standard InChI is InChI=1S/C20H24N2O3S/c1-23-14-10-11-15(19(13-14)25-3)17-8-6-12-22(17)20(26)21-16-7-4-5-9-18(16)24-2/h4-5,7,9-11,13,17H,6,8,12H2,1-3H3,(H,21,26)/t17-/m1/s1. The second-order valence-electron chi connectivity index (χ2n) is 6.09. The van der Waals surface area contributed by atoms with Crippen LogP contribution in [0.3, 0.4) is 0 Å². The van der Waals surface area contributed by atoms with Gasteiger partial charge in [0.2, 0.25) is 0 Å². The van der Waals surface area contributed by atoms with Crippen LogP contribution in [-0.2, 0) is 0 Å². The quantitative estimate of drug-likeness (QED) is 0.792.